The molecule has 2 aliphatic rings. The van der Waals surface area contributed by atoms with Gasteiger partial charge in [-0.15, -0.1) is 0 Å². The van der Waals surface area contributed by atoms with E-state index in [-0.39, 0.29) is 0 Å². The zero-order chi connectivity index (χ0) is 13.1. The minimum atomic E-state index is 0.546. The fourth-order valence-corrected chi connectivity index (χ4v) is 3.43. The first-order chi connectivity index (χ1) is 9.33. The van der Waals surface area contributed by atoms with Crippen LogP contribution in [0.25, 0.3) is 0 Å². The summed E-state index contributed by atoms with van der Waals surface area (Å²) in [6, 6.07) is 7.22. The summed E-state index contributed by atoms with van der Waals surface area (Å²) in [5.74, 6) is 0. The van der Waals surface area contributed by atoms with E-state index in [4.69, 9.17) is 4.74 Å². The number of rotatable bonds is 4. The van der Waals surface area contributed by atoms with Crippen molar-refractivity contribution >= 4 is 15.9 Å². The summed E-state index contributed by atoms with van der Waals surface area (Å²) in [6.07, 6.45) is 2.43. The molecule has 3 nitrogen and oxygen atoms in total. The first kappa shape index (κ1) is 13.6. The highest BCUT2D eigenvalue weighted by molar-refractivity contribution is 9.10. The summed E-state index contributed by atoms with van der Waals surface area (Å²) in [5, 5.41) is 3.71. The number of aryl methyl sites for hydroxylation is 1. The van der Waals surface area contributed by atoms with Crippen LogP contribution in [0.3, 0.4) is 0 Å². The number of morpholine rings is 1. The maximum Gasteiger partial charge on any atom is 0.0594 e. The van der Waals surface area contributed by atoms with Crippen molar-refractivity contribution in [3.8, 4) is 0 Å². The van der Waals surface area contributed by atoms with Gasteiger partial charge in [-0.25, -0.2) is 0 Å². The number of hydrogen-bond donors (Lipinski definition) is 1. The average molecular weight is 325 g/mol. The van der Waals surface area contributed by atoms with Crippen molar-refractivity contribution in [3.63, 3.8) is 0 Å². The molecule has 19 heavy (non-hydrogen) atoms. The van der Waals surface area contributed by atoms with Gasteiger partial charge in [-0.1, -0.05) is 22.0 Å². The summed E-state index contributed by atoms with van der Waals surface area (Å²) in [7, 11) is 0. The molecule has 1 heterocycles. The molecule has 0 amide bonds. The van der Waals surface area contributed by atoms with Crippen molar-refractivity contribution in [2.75, 3.05) is 39.4 Å². The molecule has 1 N–H and O–H groups in total. The smallest absolute Gasteiger partial charge is 0.0594 e. The Morgan fingerprint density at radius 2 is 2.16 bits per heavy atom. The monoisotopic (exact) mass is 324 g/mol. The molecule has 104 valence electrons. The topological polar surface area (TPSA) is 24.5 Å². The van der Waals surface area contributed by atoms with Crippen molar-refractivity contribution in [2.45, 2.75) is 18.9 Å². The minimum Gasteiger partial charge on any atom is -0.379 e. The first-order valence-corrected chi connectivity index (χ1v) is 7.94. The Kier molecular flexibility index (Phi) is 4.53. The van der Waals surface area contributed by atoms with Gasteiger partial charge in [0.25, 0.3) is 0 Å². The Balaban J connectivity index is 1.49. The van der Waals surface area contributed by atoms with E-state index in [0.717, 1.165) is 39.4 Å². The Morgan fingerprint density at radius 3 is 3.00 bits per heavy atom. The van der Waals surface area contributed by atoms with Crippen LogP contribution in [-0.2, 0) is 11.2 Å². The molecule has 3 rings (SSSR count). The fraction of sp³-hybridized carbons (Fsp3) is 0.600. The van der Waals surface area contributed by atoms with E-state index < -0.39 is 0 Å². The van der Waals surface area contributed by atoms with E-state index in [1.807, 2.05) is 0 Å². The van der Waals surface area contributed by atoms with Crippen LogP contribution in [0.15, 0.2) is 22.7 Å². The van der Waals surface area contributed by atoms with Crippen LogP contribution in [-0.4, -0.2) is 44.3 Å². The fourth-order valence-electron chi connectivity index (χ4n) is 3.02. The zero-order valence-electron chi connectivity index (χ0n) is 11.2. The molecule has 1 aliphatic heterocycles. The summed E-state index contributed by atoms with van der Waals surface area (Å²) in [5.41, 5.74) is 2.99. The van der Waals surface area contributed by atoms with Crippen LogP contribution in [0.2, 0.25) is 0 Å². The van der Waals surface area contributed by atoms with Gasteiger partial charge in [0.15, 0.2) is 0 Å². The summed E-state index contributed by atoms with van der Waals surface area (Å²) < 4.78 is 6.57. The quantitative estimate of drug-likeness (QED) is 0.920. The van der Waals surface area contributed by atoms with Crippen molar-refractivity contribution in [1.82, 2.24) is 10.2 Å². The molecule has 0 unspecified atom stereocenters. The lowest BCUT2D eigenvalue weighted by Crippen LogP contribution is -2.40. The average Bonchev–Trinajstić information content (AvgIpc) is 2.82. The number of nitrogens with one attached hydrogen (secondary N) is 1. The van der Waals surface area contributed by atoms with Gasteiger partial charge < -0.3 is 10.1 Å². The number of nitrogens with zero attached hydrogens (tertiary/aromatic N) is 1. The molecular weight excluding hydrogens is 304 g/mol. The molecule has 0 radical (unpaired) electrons. The highest BCUT2D eigenvalue weighted by atomic mass is 79.9. The third-order valence-corrected chi connectivity index (χ3v) is 4.60. The molecule has 1 fully saturated rings. The summed E-state index contributed by atoms with van der Waals surface area (Å²) in [4.78, 5) is 2.48. The highest BCUT2D eigenvalue weighted by Gasteiger charge is 2.22. The second-order valence-electron chi connectivity index (χ2n) is 5.34. The second kappa shape index (κ2) is 6.35. The van der Waals surface area contributed by atoms with Crippen LogP contribution in [0, 0.1) is 0 Å². The lowest BCUT2D eigenvalue weighted by Gasteiger charge is -2.27. The number of ether oxygens (including phenoxy) is 1. The molecule has 0 bridgehead atoms. The number of halogens is 1. The van der Waals surface area contributed by atoms with E-state index >= 15 is 0 Å². The van der Waals surface area contributed by atoms with Gasteiger partial charge in [-0.2, -0.15) is 0 Å². The molecular formula is C15H21BrN2O. The molecule has 0 saturated carbocycles. The Labute approximate surface area is 123 Å². The van der Waals surface area contributed by atoms with E-state index in [1.165, 1.54) is 28.4 Å². The Bertz CT molecular complexity index is 432. The van der Waals surface area contributed by atoms with Crippen molar-refractivity contribution in [3.05, 3.63) is 33.8 Å². The summed E-state index contributed by atoms with van der Waals surface area (Å²) >= 11 is 3.55. The van der Waals surface area contributed by atoms with Gasteiger partial charge in [0.05, 0.1) is 13.2 Å². The van der Waals surface area contributed by atoms with Gasteiger partial charge in [-0.05, 0) is 36.1 Å². The third-order valence-electron chi connectivity index (χ3n) is 4.11. The van der Waals surface area contributed by atoms with Crippen LogP contribution in [0.5, 0.6) is 0 Å². The van der Waals surface area contributed by atoms with Gasteiger partial charge in [0.2, 0.25) is 0 Å². The summed E-state index contributed by atoms with van der Waals surface area (Å²) in [6.45, 7) is 6.14. The number of benzene rings is 1. The van der Waals surface area contributed by atoms with Crippen molar-refractivity contribution in [1.29, 1.82) is 0 Å². The molecule has 4 heteroatoms. The minimum absolute atomic E-state index is 0.546. The van der Waals surface area contributed by atoms with E-state index in [9.17, 15) is 0 Å². The molecule has 1 aliphatic carbocycles. The Hall–Kier alpha value is -0.420. The molecule has 1 saturated heterocycles. The molecule has 1 aromatic carbocycles. The van der Waals surface area contributed by atoms with Crippen molar-refractivity contribution in [2.24, 2.45) is 0 Å². The van der Waals surface area contributed by atoms with Crippen LogP contribution in [0.4, 0.5) is 0 Å². The maximum absolute atomic E-state index is 5.37. The van der Waals surface area contributed by atoms with Crippen LogP contribution in [0.1, 0.15) is 23.6 Å². The predicted octanol–water partition coefficient (Wildman–Crippen LogP) is 2.36. The van der Waals surface area contributed by atoms with E-state index in [2.05, 4.69) is 44.3 Å². The Morgan fingerprint density at radius 1 is 1.32 bits per heavy atom. The van der Waals surface area contributed by atoms with Gasteiger partial charge in [-0.3, -0.25) is 4.90 Å². The van der Waals surface area contributed by atoms with E-state index in [0.29, 0.717) is 6.04 Å². The normalized spacial score (nSPS) is 23.5. The molecule has 0 spiro atoms. The van der Waals surface area contributed by atoms with Crippen LogP contribution >= 0.6 is 15.9 Å². The van der Waals surface area contributed by atoms with E-state index in [1.54, 1.807) is 0 Å². The maximum atomic E-state index is 5.37. The molecule has 1 aromatic rings. The zero-order valence-corrected chi connectivity index (χ0v) is 12.8. The van der Waals surface area contributed by atoms with Gasteiger partial charge in [0.1, 0.15) is 0 Å². The lowest BCUT2D eigenvalue weighted by molar-refractivity contribution is 0.0381. The third kappa shape index (κ3) is 3.37. The SMILES string of the molecule is Brc1ccc2c(c1)CC[C@@H]2NCCN1CCOCC1. The van der Waals surface area contributed by atoms with Gasteiger partial charge >= 0.3 is 0 Å². The lowest BCUT2D eigenvalue weighted by atomic mass is 10.1. The van der Waals surface area contributed by atoms with Crippen LogP contribution < -0.4 is 5.32 Å². The molecule has 1 atom stereocenters. The highest BCUT2D eigenvalue weighted by Crippen LogP contribution is 2.32. The number of hydrogen-bond acceptors (Lipinski definition) is 3. The standard InChI is InChI=1S/C15H21BrN2O/c16-13-2-3-14-12(11-13)1-4-15(14)17-5-6-18-7-9-19-10-8-18/h2-3,11,15,17H,1,4-10H2/t15-/m0/s1. The largest absolute Gasteiger partial charge is 0.379 e. The first-order valence-electron chi connectivity index (χ1n) is 7.15. The van der Waals surface area contributed by atoms with Crippen molar-refractivity contribution < 1.29 is 4.74 Å². The molecule has 0 aromatic heterocycles. The number of fused-ring (bicyclic) bond motifs is 1. The second-order valence-corrected chi connectivity index (χ2v) is 6.26. The van der Waals surface area contributed by atoms with Gasteiger partial charge in [0, 0.05) is 36.7 Å². The predicted molar refractivity (Wildman–Crippen MR) is 80.5 cm³/mol.